The zero-order chi connectivity index (χ0) is 19.2. The monoisotopic (exact) mass is 396 g/mol. The predicted octanol–water partition coefficient (Wildman–Crippen LogP) is 4.33. The van der Waals surface area contributed by atoms with Crippen molar-refractivity contribution in [2.24, 2.45) is 0 Å². The Kier molecular flexibility index (Phi) is 3.67. The van der Waals surface area contributed by atoms with E-state index in [-0.39, 0.29) is 0 Å². The number of hydrogen-bond donors (Lipinski definition) is 0. The van der Waals surface area contributed by atoms with Crippen LogP contribution in [0.3, 0.4) is 0 Å². The van der Waals surface area contributed by atoms with Crippen LogP contribution in [0.5, 0.6) is 0 Å². The maximum atomic E-state index is 4.81. The summed E-state index contributed by atoms with van der Waals surface area (Å²) in [5.74, 6) is 0.809. The molecule has 0 unspecified atom stereocenters. The van der Waals surface area contributed by atoms with Crippen molar-refractivity contribution in [3.8, 4) is 0 Å². The first kappa shape index (κ1) is 16.4. The number of aromatic nitrogens is 6. The fourth-order valence-corrected chi connectivity index (χ4v) is 4.64. The van der Waals surface area contributed by atoms with E-state index < -0.39 is 0 Å². The minimum Gasteiger partial charge on any atom is -0.323 e. The summed E-state index contributed by atoms with van der Waals surface area (Å²) >= 11 is 1.59. The van der Waals surface area contributed by atoms with Crippen LogP contribution in [0.15, 0.2) is 73.1 Å². The van der Waals surface area contributed by atoms with Gasteiger partial charge in [0, 0.05) is 6.42 Å². The van der Waals surface area contributed by atoms with E-state index in [1.807, 2.05) is 29.0 Å². The Hall–Kier alpha value is -3.58. The van der Waals surface area contributed by atoms with E-state index in [1.54, 1.807) is 11.3 Å². The fourth-order valence-electron chi connectivity index (χ4n) is 3.77. The van der Waals surface area contributed by atoms with Crippen LogP contribution in [0.1, 0.15) is 16.4 Å². The van der Waals surface area contributed by atoms with E-state index in [0.29, 0.717) is 6.54 Å². The van der Waals surface area contributed by atoms with Gasteiger partial charge >= 0.3 is 0 Å². The first-order chi connectivity index (χ1) is 14.3. The Morgan fingerprint density at radius 1 is 0.862 bits per heavy atom. The van der Waals surface area contributed by atoms with Crippen LogP contribution < -0.4 is 0 Å². The van der Waals surface area contributed by atoms with Gasteiger partial charge in [-0.3, -0.25) is 0 Å². The molecule has 6 nitrogen and oxygen atoms in total. The molecular formula is C22H16N6S. The fraction of sp³-hybridized carbons (Fsp3) is 0.0909. The molecule has 0 saturated heterocycles. The molecule has 0 aliphatic heterocycles. The van der Waals surface area contributed by atoms with Crippen LogP contribution >= 0.6 is 11.3 Å². The van der Waals surface area contributed by atoms with Crippen molar-refractivity contribution in [2.45, 2.75) is 13.0 Å². The van der Waals surface area contributed by atoms with Gasteiger partial charge in [-0.2, -0.15) is 9.61 Å². The second-order valence-electron chi connectivity index (χ2n) is 6.98. The maximum Gasteiger partial charge on any atom is 0.234 e. The molecule has 3 aromatic heterocycles. The Labute approximate surface area is 170 Å². The van der Waals surface area contributed by atoms with Crippen molar-refractivity contribution in [3.63, 3.8) is 0 Å². The molecule has 3 aromatic carbocycles. The lowest BCUT2D eigenvalue weighted by molar-refractivity contribution is 0.720. The van der Waals surface area contributed by atoms with Gasteiger partial charge in [0.2, 0.25) is 4.96 Å². The summed E-state index contributed by atoms with van der Waals surface area (Å²) in [6.45, 7) is 0.582. The average Bonchev–Trinajstić information content (AvgIpc) is 3.44. The van der Waals surface area contributed by atoms with Crippen LogP contribution in [-0.4, -0.2) is 29.4 Å². The minimum atomic E-state index is 0.582. The third-order valence-electron chi connectivity index (χ3n) is 5.16. The van der Waals surface area contributed by atoms with Gasteiger partial charge < -0.3 is 4.57 Å². The Bertz CT molecular complexity index is 1470. The Morgan fingerprint density at radius 2 is 1.72 bits per heavy atom. The molecule has 7 heteroatoms. The average molecular weight is 396 g/mol. The normalized spacial score (nSPS) is 11.7. The van der Waals surface area contributed by atoms with E-state index in [0.717, 1.165) is 33.2 Å². The number of nitrogens with zero attached hydrogens (tertiary/aromatic N) is 6. The van der Waals surface area contributed by atoms with E-state index in [9.17, 15) is 0 Å². The van der Waals surface area contributed by atoms with Crippen molar-refractivity contribution in [3.05, 3.63) is 89.5 Å². The second kappa shape index (κ2) is 6.49. The van der Waals surface area contributed by atoms with Crippen molar-refractivity contribution in [1.29, 1.82) is 0 Å². The molecule has 0 aliphatic carbocycles. The van der Waals surface area contributed by atoms with Crippen LogP contribution in [0.2, 0.25) is 0 Å². The molecule has 6 aromatic rings. The molecule has 0 aliphatic rings. The lowest BCUT2D eigenvalue weighted by Crippen LogP contribution is -2.04. The number of benzene rings is 3. The van der Waals surface area contributed by atoms with Crippen LogP contribution in [-0.2, 0) is 13.0 Å². The van der Waals surface area contributed by atoms with Gasteiger partial charge in [0.25, 0.3) is 0 Å². The van der Waals surface area contributed by atoms with Gasteiger partial charge in [0.15, 0.2) is 5.82 Å². The highest BCUT2D eigenvalue weighted by atomic mass is 32.1. The first-order valence-corrected chi connectivity index (χ1v) is 10.2. The van der Waals surface area contributed by atoms with Gasteiger partial charge in [-0.1, -0.05) is 65.9 Å². The maximum absolute atomic E-state index is 4.81. The summed E-state index contributed by atoms with van der Waals surface area (Å²) in [7, 11) is 0. The number of rotatable bonds is 4. The first-order valence-electron chi connectivity index (χ1n) is 9.42. The van der Waals surface area contributed by atoms with Crippen LogP contribution in [0.25, 0.3) is 26.8 Å². The summed E-state index contributed by atoms with van der Waals surface area (Å²) in [5.41, 5.74) is 3.33. The van der Waals surface area contributed by atoms with Crippen molar-refractivity contribution < 1.29 is 0 Å². The van der Waals surface area contributed by atoms with E-state index in [4.69, 9.17) is 5.10 Å². The van der Waals surface area contributed by atoms with Gasteiger partial charge in [-0.25, -0.2) is 4.98 Å². The van der Waals surface area contributed by atoms with E-state index >= 15 is 0 Å². The van der Waals surface area contributed by atoms with Crippen LogP contribution in [0.4, 0.5) is 0 Å². The molecule has 6 rings (SSSR count). The van der Waals surface area contributed by atoms with Gasteiger partial charge in [0.1, 0.15) is 5.01 Å². The standard InChI is InChI=1S/C22H16N6S/c1-2-9-17-15(6-1)7-5-8-16(17)12-21-26-28-20(24-25-22(28)29-21)13-27-14-23-18-10-3-4-11-19(18)27/h1-11,14H,12-13H2. The predicted molar refractivity (Wildman–Crippen MR) is 114 cm³/mol. The molecule has 0 radical (unpaired) electrons. The summed E-state index contributed by atoms with van der Waals surface area (Å²) in [6.07, 6.45) is 2.62. The zero-order valence-electron chi connectivity index (χ0n) is 15.4. The summed E-state index contributed by atoms with van der Waals surface area (Å²) in [6, 6.07) is 23.0. The molecule has 0 N–H and O–H groups in total. The third-order valence-corrected chi connectivity index (χ3v) is 6.06. The largest absolute Gasteiger partial charge is 0.323 e. The number of imidazole rings is 1. The molecule has 3 heterocycles. The quantitative estimate of drug-likeness (QED) is 0.445. The lowest BCUT2D eigenvalue weighted by Gasteiger charge is -2.04. The molecule has 0 spiro atoms. The van der Waals surface area contributed by atoms with E-state index in [2.05, 4.69) is 68.3 Å². The molecule has 0 atom stereocenters. The Balaban J connectivity index is 1.35. The topological polar surface area (TPSA) is 60.9 Å². The van der Waals surface area contributed by atoms with Crippen molar-refractivity contribution in [1.82, 2.24) is 29.4 Å². The smallest absolute Gasteiger partial charge is 0.234 e. The van der Waals surface area contributed by atoms with Crippen LogP contribution in [0, 0.1) is 0 Å². The SMILES string of the molecule is c1ccc2c(Cc3nn4c(Cn5cnc6ccccc65)nnc4s3)cccc2c1. The van der Waals surface area contributed by atoms with Crippen molar-refractivity contribution >= 4 is 38.1 Å². The summed E-state index contributed by atoms with van der Waals surface area (Å²) < 4.78 is 3.94. The highest BCUT2D eigenvalue weighted by Crippen LogP contribution is 2.24. The summed E-state index contributed by atoms with van der Waals surface area (Å²) in [4.78, 5) is 5.28. The highest BCUT2D eigenvalue weighted by molar-refractivity contribution is 7.16. The van der Waals surface area contributed by atoms with Crippen molar-refractivity contribution in [2.75, 3.05) is 0 Å². The molecule has 29 heavy (non-hydrogen) atoms. The lowest BCUT2D eigenvalue weighted by atomic mass is 10.0. The molecule has 140 valence electrons. The van der Waals surface area contributed by atoms with E-state index in [1.165, 1.54) is 16.3 Å². The Morgan fingerprint density at radius 3 is 2.72 bits per heavy atom. The number of hydrogen-bond acceptors (Lipinski definition) is 5. The third kappa shape index (κ3) is 2.78. The number of fused-ring (bicyclic) bond motifs is 3. The zero-order valence-corrected chi connectivity index (χ0v) is 16.3. The van der Waals surface area contributed by atoms with Gasteiger partial charge in [0.05, 0.1) is 23.9 Å². The van der Waals surface area contributed by atoms with Gasteiger partial charge in [-0.05, 0) is 28.5 Å². The molecule has 0 bridgehead atoms. The number of para-hydroxylation sites is 2. The second-order valence-corrected chi connectivity index (χ2v) is 8.02. The highest BCUT2D eigenvalue weighted by Gasteiger charge is 2.14. The summed E-state index contributed by atoms with van der Waals surface area (Å²) in [5, 5.41) is 17.0. The molecule has 0 amide bonds. The minimum absolute atomic E-state index is 0.582. The van der Waals surface area contributed by atoms with Gasteiger partial charge in [-0.15, -0.1) is 10.2 Å². The molecule has 0 saturated carbocycles. The molecule has 0 fully saturated rings. The molecular weight excluding hydrogens is 380 g/mol.